The van der Waals surface area contributed by atoms with Crippen molar-refractivity contribution in [2.45, 2.75) is 13.0 Å². The van der Waals surface area contributed by atoms with Crippen molar-refractivity contribution < 1.29 is 22.7 Å². The van der Waals surface area contributed by atoms with Gasteiger partial charge < -0.3 is 0 Å². The minimum absolute atomic E-state index is 0.172. The van der Waals surface area contributed by atoms with E-state index in [1.54, 1.807) is 30.3 Å². The zero-order chi connectivity index (χ0) is 14.6. The molecule has 0 saturated heterocycles. The molecule has 0 bridgehead atoms. The van der Waals surface area contributed by atoms with E-state index in [4.69, 9.17) is 0 Å². The summed E-state index contributed by atoms with van der Waals surface area (Å²) in [6, 6.07) is 14.5. The number of halogens is 3. The highest BCUT2D eigenvalue weighted by atomic mass is 19.4. The summed E-state index contributed by atoms with van der Waals surface area (Å²) < 4.78 is 39.4. The van der Waals surface area contributed by atoms with Gasteiger partial charge in [-0.15, -0.1) is 13.2 Å². The first-order valence-electron chi connectivity index (χ1n) is 5.85. The highest BCUT2D eigenvalue weighted by Crippen LogP contribution is 2.19. The maximum Gasteiger partial charge on any atom is 0.522 e. The van der Waals surface area contributed by atoms with Gasteiger partial charge in [-0.1, -0.05) is 54.6 Å². The molecule has 0 fully saturated rings. The molecule has 0 heterocycles. The third kappa shape index (κ3) is 3.93. The fraction of sp³-hybridized carbons (Fsp3) is 0.133. The van der Waals surface area contributed by atoms with Crippen molar-refractivity contribution in [2.75, 3.05) is 0 Å². The van der Waals surface area contributed by atoms with Crippen LogP contribution in [0.1, 0.15) is 21.5 Å². The molecule has 0 unspecified atom stereocenters. The lowest BCUT2D eigenvalue weighted by atomic mass is 10.0. The van der Waals surface area contributed by atoms with Crippen LogP contribution in [0.2, 0.25) is 0 Å². The van der Waals surface area contributed by atoms with Crippen molar-refractivity contribution in [3.8, 4) is 0 Å². The first-order chi connectivity index (χ1) is 9.46. The van der Waals surface area contributed by atoms with Gasteiger partial charge in [-0.2, -0.15) is 0 Å². The molecular formula is C15H11F3O2. The third-order valence-electron chi connectivity index (χ3n) is 2.65. The normalized spacial score (nSPS) is 11.3. The van der Waals surface area contributed by atoms with Crippen molar-refractivity contribution in [2.24, 2.45) is 0 Å². The first kappa shape index (κ1) is 14.3. The molecule has 0 amide bonds. The number of alkyl halides is 3. The molecule has 0 aromatic heterocycles. The molecular weight excluding hydrogens is 269 g/mol. The first-order valence-corrected chi connectivity index (χ1v) is 5.85. The molecule has 0 aliphatic rings. The van der Waals surface area contributed by atoms with E-state index in [-0.39, 0.29) is 5.78 Å². The molecule has 0 saturated carbocycles. The van der Waals surface area contributed by atoms with E-state index in [0.29, 0.717) is 16.7 Å². The molecule has 2 rings (SSSR count). The summed E-state index contributed by atoms with van der Waals surface area (Å²) in [6.45, 7) is -0.566. The Hall–Kier alpha value is -2.14. The molecule has 0 aliphatic carbocycles. The monoisotopic (exact) mass is 280 g/mol. The van der Waals surface area contributed by atoms with Crippen LogP contribution in [0.15, 0.2) is 54.6 Å². The number of hydrogen-bond donors (Lipinski definition) is 0. The highest BCUT2D eigenvalue weighted by Gasteiger charge is 2.28. The SMILES string of the molecule is O=C(c1ccccc1)c1ccc(COC(F)(F)F)cc1. The van der Waals surface area contributed by atoms with E-state index in [9.17, 15) is 18.0 Å². The maximum absolute atomic E-state index is 12.1. The Labute approximate surface area is 113 Å². The van der Waals surface area contributed by atoms with Crippen LogP contribution in [0.5, 0.6) is 0 Å². The van der Waals surface area contributed by atoms with Gasteiger partial charge in [0, 0.05) is 11.1 Å². The van der Waals surface area contributed by atoms with Gasteiger partial charge in [0.1, 0.15) is 0 Å². The lowest BCUT2D eigenvalue weighted by Gasteiger charge is -2.07. The molecule has 2 nitrogen and oxygen atoms in total. The summed E-state index contributed by atoms with van der Waals surface area (Å²) in [5.41, 5.74) is 1.31. The number of rotatable bonds is 4. The van der Waals surface area contributed by atoms with Gasteiger partial charge in [0.15, 0.2) is 5.78 Å². The van der Waals surface area contributed by atoms with Crippen LogP contribution in [-0.4, -0.2) is 12.1 Å². The number of hydrogen-bond acceptors (Lipinski definition) is 2. The second-order valence-corrected chi connectivity index (χ2v) is 4.13. The summed E-state index contributed by atoms with van der Waals surface area (Å²) >= 11 is 0. The summed E-state index contributed by atoms with van der Waals surface area (Å²) in [6.07, 6.45) is -4.65. The van der Waals surface area contributed by atoms with Crippen LogP contribution in [-0.2, 0) is 11.3 Å². The second kappa shape index (κ2) is 5.88. The lowest BCUT2D eigenvalue weighted by molar-refractivity contribution is -0.330. The van der Waals surface area contributed by atoms with Crippen molar-refractivity contribution in [3.63, 3.8) is 0 Å². The van der Waals surface area contributed by atoms with E-state index in [1.165, 1.54) is 24.3 Å². The number of carbonyl (C=O) groups excluding carboxylic acids is 1. The zero-order valence-corrected chi connectivity index (χ0v) is 10.4. The van der Waals surface area contributed by atoms with E-state index in [1.807, 2.05) is 0 Å². The van der Waals surface area contributed by atoms with Crippen LogP contribution in [0.4, 0.5) is 13.2 Å². The molecule has 104 valence electrons. The number of carbonyl (C=O) groups is 1. The minimum Gasteiger partial charge on any atom is -0.289 e. The molecule has 0 radical (unpaired) electrons. The Morgan fingerprint density at radius 1 is 0.900 bits per heavy atom. The quantitative estimate of drug-likeness (QED) is 0.792. The summed E-state index contributed by atoms with van der Waals surface area (Å²) in [4.78, 5) is 12.1. The summed E-state index contributed by atoms with van der Waals surface area (Å²) in [7, 11) is 0. The van der Waals surface area contributed by atoms with Crippen molar-refractivity contribution in [1.82, 2.24) is 0 Å². The standard InChI is InChI=1S/C15H11F3O2/c16-15(17,18)20-10-11-6-8-13(9-7-11)14(19)12-4-2-1-3-5-12/h1-9H,10H2. The van der Waals surface area contributed by atoms with Gasteiger partial charge in [-0.25, -0.2) is 0 Å². The topological polar surface area (TPSA) is 26.3 Å². The van der Waals surface area contributed by atoms with Gasteiger partial charge in [0.25, 0.3) is 0 Å². The van der Waals surface area contributed by atoms with E-state index in [2.05, 4.69) is 4.74 Å². The fourth-order valence-electron chi connectivity index (χ4n) is 1.67. The van der Waals surface area contributed by atoms with Crippen LogP contribution >= 0.6 is 0 Å². The Morgan fingerprint density at radius 3 is 2.00 bits per heavy atom. The van der Waals surface area contributed by atoms with Crippen LogP contribution in [0.25, 0.3) is 0 Å². The fourth-order valence-corrected chi connectivity index (χ4v) is 1.67. The predicted molar refractivity (Wildman–Crippen MR) is 67.2 cm³/mol. The van der Waals surface area contributed by atoms with Gasteiger partial charge in [-0.3, -0.25) is 9.53 Å². The molecule has 0 N–H and O–H groups in total. The van der Waals surface area contributed by atoms with Gasteiger partial charge >= 0.3 is 6.36 Å². The molecule has 2 aromatic carbocycles. The smallest absolute Gasteiger partial charge is 0.289 e. The van der Waals surface area contributed by atoms with Crippen molar-refractivity contribution in [3.05, 3.63) is 71.3 Å². The molecule has 5 heteroatoms. The zero-order valence-electron chi connectivity index (χ0n) is 10.4. The van der Waals surface area contributed by atoms with E-state index in [0.717, 1.165) is 0 Å². The Balaban J connectivity index is 2.07. The van der Waals surface area contributed by atoms with E-state index < -0.39 is 13.0 Å². The number of benzene rings is 2. The van der Waals surface area contributed by atoms with Crippen LogP contribution < -0.4 is 0 Å². The highest BCUT2D eigenvalue weighted by molar-refractivity contribution is 6.08. The molecule has 0 atom stereocenters. The molecule has 0 aliphatic heterocycles. The maximum atomic E-state index is 12.1. The van der Waals surface area contributed by atoms with Gasteiger partial charge in [0.2, 0.25) is 0 Å². The number of ether oxygens (including phenoxy) is 1. The largest absolute Gasteiger partial charge is 0.522 e. The van der Waals surface area contributed by atoms with Crippen molar-refractivity contribution >= 4 is 5.78 Å². The lowest BCUT2D eigenvalue weighted by Crippen LogP contribution is -2.12. The van der Waals surface area contributed by atoms with Crippen molar-refractivity contribution in [1.29, 1.82) is 0 Å². The molecule has 0 spiro atoms. The number of ketones is 1. The summed E-state index contributed by atoms with van der Waals surface area (Å²) in [5, 5.41) is 0. The average molecular weight is 280 g/mol. The Morgan fingerprint density at radius 2 is 1.45 bits per heavy atom. The minimum atomic E-state index is -4.65. The van der Waals surface area contributed by atoms with Gasteiger partial charge in [0.05, 0.1) is 6.61 Å². The Bertz CT molecular complexity index is 574. The average Bonchev–Trinajstić information content (AvgIpc) is 2.45. The molecule has 2 aromatic rings. The van der Waals surface area contributed by atoms with Crippen LogP contribution in [0.3, 0.4) is 0 Å². The van der Waals surface area contributed by atoms with E-state index >= 15 is 0 Å². The molecule has 20 heavy (non-hydrogen) atoms. The summed E-state index contributed by atoms with van der Waals surface area (Å²) in [5.74, 6) is -0.172. The second-order valence-electron chi connectivity index (χ2n) is 4.13. The Kier molecular flexibility index (Phi) is 4.20. The predicted octanol–water partition coefficient (Wildman–Crippen LogP) is 3.95. The van der Waals surface area contributed by atoms with Crippen LogP contribution in [0, 0.1) is 0 Å². The third-order valence-corrected chi connectivity index (χ3v) is 2.65. The van der Waals surface area contributed by atoms with Gasteiger partial charge in [-0.05, 0) is 5.56 Å².